The topological polar surface area (TPSA) is 45.7 Å². The summed E-state index contributed by atoms with van der Waals surface area (Å²) in [5, 5.41) is 0.522. The maximum atomic E-state index is 12.1. The van der Waals surface area contributed by atoms with E-state index in [-0.39, 0.29) is 11.5 Å². The SMILES string of the molecule is CC(C)(C)OC(=O)N1CC2(CCN(c3ccc(Cl)nc3)CC2)C1. The summed E-state index contributed by atoms with van der Waals surface area (Å²) in [4.78, 5) is 20.4. The highest BCUT2D eigenvalue weighted by Gasteiger charge is 2.47. The van der Waals surface area contributed by atoms with Gasteiger partial charge >= 0.3 is 6.09 Å². The molecule has 3 rings (SSSR count). The van der Waals surface area contributed by atoms with Gasteiger partial charge in [0.1, 0.15) is 10.8 Å². The number of amides is 1. The smallest absolute Gasteiger partial charge is 0.410 e. The lowest BCUT2D eigenvalue weighted by Crippen LogP contribution is -2.62. The fourth-order valence-corrected chi connectivity index (χ4v) is 3.44. The molecule has 1 aromatic rings. The van der Waals surface area contributed by atoms with Crippen LogP contribution in [0.3, 0.4) is 0 Å². The molecule has 3 heterocycles. The monoisotopic (exact) mass is 337 g/mol. The minimum absolute atomic E-state index is 0.188. The van der Waals surface area contributed by atoms with E-state index in [0.29, 0.717) is 5.15 Å². The Balaban J connectivity index is 1.51. The predicted octanol–water partition coefficient (Wildman–Crippen LogP) is 3.57. The largest absolute Gasteiger partial charge is 0.444 e. The van der Waals surface area contributed by atoms with Crippen LogP contribution in [-0.4, -0.2) is 47.8 Å². The lowest BCUT2D eigenvalue weighted by Gasteiger charge is -2.53. The average molecular weight is 338 g/mol. The van der Waals surface area contributed by atoms with E-state index >= 15 is 0 Å². The number of pyridine rings is 1. The molecule has 126 valence electrons. The molecular formula is C17H24ClN3O2. The van der Waals surface area contributed by atoms with Gasteiger partial charge in [0.25, 0.3) is 0 Å². The third-order valence-electron chi connectivity index (χ3n) is 4.61. The number of piperidine rings is 1. The quantitative estimate of drug-likeness (QED) is 0.735. The first kappa shape index (κ1) is 16.4. The molecule has 0 radical (unpaired) electrons. The second-order valence-electron chi connectivity index (χ2n) is 7.66. The van der Waals surface area contributed by atoms with Crippen molar-refractivity contribution in [3.8, 4) is 0 Å². The Labute approximate surface area is 142 Å². The lowest BCUT2D eigenvalue weighted by atomic mass is 9.72. The number of ether oxygens (including phenoxy) is 1. The molecule has 2 fully saturated rings. The molecule has 2 saturated heterocycles. The molecule has 1 aromatic heterocycles. The van der Waals surface area contributed by atoms with Crippen LogP contribution in [0.2, 0.25) is 5.15 Å². The number of anilines is 1. The second-order valence-corrected chi connectivity index (χ2v) is 8.05. The van der Waals surface area contributed by atoms with Gasteiger partial charge in [0.15, 0.2) is 0 Å². The van der Waals surface area contributed by atoms with Crippen LogP contribution in [0.25, 0.3) is 0 Å². The number of hydrogen-bond donors (Lipinski definition) is 0. The molecule has 0 atom stereocenters. The van der Waals surface area contributed by atoms with Gasteiger partial charge in [0, 0.05) is 31.6 Å². The standard InChI is InChI=1S/C17H24ClN3O2/c1-16(2,3)23-15(22)21-11-17(12-21)6-8-20(9-7-17)13-4-5-14(18)19-10-13/h4-5,10H,6-9,11-12H2,1-3H3. The molecule has 2 aliphatic heterocycles. The minimum Gasteiger partial charge on any atom is -0.444 e. The van der Waals surface area contributed by atoms with Gasteiger partial charge in [0.2, 0.25) is 0 Å². The zero-order chi connectivity index (χ0) is 16.7. The Kier molecular flexibility index (Phi) is 4.17. The third-order valence-corrected chi connectivity index (χ3v) is 4.83. The summed E-state index contributed by atoms with van der Waals surface area (Å²) >= 11 is 5.84. The van der Waals surface area contributed by atoms with Crippen molar-refractivity contribution in [1.82, 2.24) is 9.88 Å². The molecule has 0 aromatic carbocycles. The number of hydrogen-bond acceptors (Lipinski definition) is 4. The molecule has 6 heteroatoms. The van der Waals surface area contributed by atoms with Crippen molar-refractivity contribution in [2.75, 3.05) is 31.1 Å². The highest BCUT2D eigenvalue weighted by Crippen LogP contribution is 2.41. The summed E-state index contributed by atoms with van der Waals surface area (Å²) in [7, 11) is 0. The van der Waals surface area contributed by atoms with Crippen LogP contribution in [-0.2, 0) is 4.74 Å². The minimum atomic E-state index is -0.426. The van der Waals surface area contributed by atoms with Crippen molar-refractivity contribution in [2.24, 2.45) is 5.41 Å². The molecule has 23 heavy (non-hydrogen) atoms. The van der Waals surface area contributed by atoms with Crippen LogP contribution >= 0.6 is 11.6 Å². The number of nitrogens with zero attached hydrogens (tertiary/aromatic N) is 3. The van der Waals surface area contributed by atoms with E-state index in [2.05, 4.69) is 9.88 Å². The van der Waals surface area contributed by atoms with Gasteiger partial charge in [-0.2, -0.15) is 0 Å². The first-order valence-electron chi connectivity index (χ1n) is 8.11. The van der Waals surface area contributed by atoms with Crippen LogP contribution in [0.5, 0.6) is 0 Å². The molecule has 1 spiro atoms. The Morgan fingerprint density at radius 3 is 2.43 bits per heavy atom. The van der Waals surface area contributed by atoms with E-state index in [1.54, 1.807) is 0 Å². The summed E-state index contributed by atoms with van der Waals surface area (Å²) in [5.74, 6) is 0. The lowest BCUT2D eigenvalue weighted by molar-refractivity contribution is -0.0434. The first-order valence-corrected chi connectivity index (χ1v) is 8.49. The second kappa shape index (κ2) is 5.86. The van der Waals surface area contributed by atoms with Crippen LogP contribution in [0.15, 0.2) is 18.3 Å². The van der Waals surface area contributed by atoms with E-state index in [9.17, 15) is 4.79 Å². The molecule has 2 aliphatic rings. The third kappa shape index (κ3) is 3.71. The Morgan fingerprint density at radius 2 is 1.91 bits per heavy atom. The fraction of sp³-hybridized carbons (Fsp3) is 0.647. The number of likely N-dealkylation sites (tertiary alicyclic amines) is 1. The number of aromatic nitrogens is 1. The fourth-order valence-electron chi connectivity index (χ4n) is 3.33. The number of halogens is 1. The molecule has 0 unspecified atom stereocenters. The number of carbonyl (C=O) groups excluding carboxylic acids is 1. The van der Waals surface area contributed by atoms with E-state index in [1.807, 2.05) is 44.0 Å². The first-order chi connectivity index (χ1) is 10.8. The normalized spacial score (nSPS) is 20.3. The van der Waals surface area contributed by atoms with Crippen LogP contribution < -0.4 is 4.90 Å². The van der Waals surface area contributed by atoms with Gasteiger partial charge in [-0.3, -0.25) is 0 Å². The van der Waals surface area contributed by atoms with Gasteiger partial charge in [0.05, 0.1) is 11.9 Å². The zero-order valence-electron chi connectivity index (χ0n) is 14.0. The Hall–Kier alpha value is -1.49. The average Bonchev–Trinajstić information content (AvgIpc) is 2.44. The van der Waals surface area contributed by atoms with Crippen molar-refractivity contribution in [1.29, 1.82) is 0 Å². The van der Waals surface area contributed by atoms with E-state index in [4.69, 9.17) is 16.3 Å². The van der Waals surface area contributed by atoms with Crippen molar-refractivity contribution in [3.63, 3.8) is 0 Å². The van der Waals surface area contributed by atoms with Gasteiger partial charge in [-0.05, 0) is 45.7 Å². The maximum absolute atomic E-state index is 12.1. The van der Waals surface area contributed by atoms with E-state index in [0.717, 1.165) is 44.7 Å². The molecular weight excluding hydrogens is 314 g/mol. The van der Waals surface area contributed by atoms with Crippen molar-refractivity contribution >= 4 is 23.4 Å². The highest BCUT2D eigenvalue weighted by molar-refractivity contribution is 6.29. The summed E-state index contributed by atoms with van der Waals surface area (Å²) in [6, 6.07) is 3.84. The van der Waals surface area contributed by atoms with Gasteiger partial charge < -0.3 is 14.5 Å². The summed E-state index contributed by atoms with van der Waals surface area (Å²) in [6.45, 7) is 9.32. The summed E-state index contributed by atoms with van der Waals surface area (Å²) < 4.78 is 5.43. The highest BCUT2D eigenvalue weighted by atomic mass is 35.5. The van der Waals surface area contributed by atoms with Crippen molar-refractivity contribution < 1.29 is 9.53 Å². The molecule has 5 nitrogen and oxygen atoms in total. The maximum Gasteiger partial charge on any atom is 0.410 e. The number of rotatable bonds is 1. The molecule has 0 aliphatic carbocycles. The van der Waals surface area contributed by atoms with Crippen LogP contribution in [0.4, 0.5) is 10.5 Å². The van der Waals surface area contributed by atoms with Crippen molar-refractivity contribution in [2.45, 2.75) is 39.2 Å². The molecule has 0 bridgehead atoms. The van der Waals surface area contributed by atoms with Gasteiger partial charge in [-0.25, -0.2) is 9.78 Å². The summed E-state index contributed by atoms with van der Waals surface area (Å²) in [5.41, 5.74) is 0.963. The van der Waals surface area contributed by atoms with Gasteiger partial charge in [-0.1, -0.05) is 11.6 Å². The van der Waals surface area contributed by atoms with E-state index < -0.39 is 5.60 Å². The summed E-state index contributed by atoms with van der Waals surface area (Å²) in [6.07, 6.45) is 3.82. The Bertz CT molecular complexity index is 566. The van der Waals surface area contributed by atoms with Crippen molar-refractivity contribution in [3.05, 3.63) is 23.5 Å². The predicted molar refractivity (Wildman–Crippen MR) is 90.9 cm³/mol. The Morgan fingerprint density at radius 1 is 1.26 bits per heavy atom. The van der Waals surface area contributed by atoms with Gasteiger partial charge in [-0.15, -0.1) is 0 Å². The number of carbonyl (C=O) groups is 1. The molecule has 0 N–H and O–H groups in total. The zero-order valence-corrected chi connectivity index (χ0v) is 14.8. The van der Waals surface area contributed by atoms with E-state index in [1.165, 1.54) is 0 Å². The molecule has 0 saturated carbocycles. The molecule has 1 amide bonds. The van der Waals surface area contributed by atoms with Crippen LogP contribution in [0.1, 0.15) is 33.6 Å². The van der Waals surface area contributed by atoms with Crippen LogP contribution in [0, 0.1) is 5.41 Å².